The molecule has 3 aromatic carbocycles. The molecule has 1 amide bonds. The third-order valence-electron chi connectivity index (χ3n) is 6.38. The Balaban J connectivity index is 1.26. The van der Waals surface area contributed by atoms with E-state index in [0.29, 0.717) is 48.2 Å². The maximum Gasteiger partial charge on any atom is 0.264 e. The van der Waals surface area contributed by atoms with Crippen LogP contribution >= 0.6 is 22.9 Å². The second-order valence-electron chi connectivity index (χ2n) is 8.54. The average Bonchev–Trinajstić information content (AvgIpc) is 3.40. The summed E-state index contributed by atoms with van der Waals surface area (Å²) in [7, 11) is -0.620. The van der Waals surface area contributed by atoms with Crippen molar-refractivity contribution < 1.29 is 17.9 Å². The van der Waals surface area contributed by atoms with Crippen molar-refractivity contribution in [2.45, 2.75) is 4.90 Å². The first-order chi connectivity index (χ1) is 17.8. The van der Waals surface area contributed by atoms with Crippen LogP contribution in [-0.4, -0.2) is 64.5 Å². The van der Waals surface area contributed by atoms with Gasteiger partial charge in [-0.1, -0.05) is 41.1 Å². The summed E-state index contributed by atoms with van der Waals surface area (Å²) in [5.74, 6) is 0.546. The number of para-hydroxylation sites is 1. The highest BCUT2D eigenvalue weighted by Crippen LogP contribution is 2.39. The number of nitrogens with zero attached hydrogens (tertiary/aromatic N) is 4. The molecule has 11 heteroatoms. The second-order valence-corrected chi connectivity index (χ2v) is 11.9. The molecule has 37 heavy (non-hydrogen) atoms. The minimum absolute atomic E-state index is 0.130. The van der Waals surface area contributed by atoms with Gasteiger partial charge in [0.25, 0.3) is 15.9 Å². The minimum atomic E-state index is -3.74. The molecule has 0 spiro atoms. The van der Waals surface area contributed by atoms with Crippen LogP contribution in [0.2, 0.25) is 5.02 Å². The van der Waals surface area contributed by atoms with Crippen LogP contribution in [0.5, 0.6) is 5.75 Å². The van der Waals surface area contributed by atoms with Crippen molar-refractivity contribution in [1.82, 2.24) is 9.88 Å². The number of halogens is 1. The van der Waals surface area contributed by atoms with Gasteiger partial charge in [0.2, 0.25) is 0 Å². The molecule has 1 saturated heterocycles. The number of anilines is 2. The number of fused-ring (bicyclic) bond motifs is 1. The summed E-state index contributed by atoms with van der Waals surface area (Å²) in [6, 6.07) is 18.6. The molecule has 192 valence electrons. The van der Waals surface area contributed by atoms with Gasteiger partial charge >= 0.3 is 0 Å². The number of ether oxygens (including phenoxy) is 1. The van der Waals surface area contributed by atoms with Gasteiger partial charge in [0.05, 0.1) is 27.4 Å². The number of rotatable bonds is 6. The second kappa shape index (κ2) is 10.2. The Morgan fingerprint density at radius 1 is 1.00 bits per heavy atom. The summed E-state index contributed by atoms with van der Waals surface area (Å²) in [6.45, 7) is 2.30. The summed E-state index contributed by atoms with van der Waals surface area (Å²) in [4.78, 5) is 21.9. The lowest BCUT2D eigenvalue weighted by molar-refractivity contribution is 0.0746. The third kappa shape index (κ3) is 4.84. The van der Waals surface area contributed by atoms with E-state index >= 15 is 0 Å². The molecular formula is C26H25ClN4O4S2. The third-order valence-corrected chi connectivity index (χ3v) is 9.76. The number of thiazole rings is 1. The number of benzene rings is 3. The normalized spacial score (nSPS) is 14.1. The first kappa shape index (κ1) is 25.3. The Bertz CT molecular complexity index is 1530. The number of hydrogen-bond donors (Lipinski definition) is 0. The number of carbonyl (C=O) groups is 1. The van der Waals surface area contributed by atoms with Crippen molar-refractivity contribution >= 4 is 59.9 Å². The van der Waals surface area contributed by atoms with Crippen molar-refractivity contribution in [3.63, 3.8) is 0 Å². The zero-order valence-electron chi connectivity index (χ0n) is 20.3. The molecule has 1 aromatic heterocycles. The van der Waals surface area contributed by atoms with E-state index < -0.39 is 10.0 Å². The smallest absolute Gasteiger partial charge is 0.264 e. The highest BCUT2D eigenvalue weighted by atomic mass is 35.5. The van der Waals surface area contributed by atoms with Gasteiger partial charge in [-0.05, 0) is 48.5 Å². The molecule has 0 atom stereocenters. The lowest BCUT2D eigenvalue weighted by Crippen LogP contribution is -2.48. The molecule has 8 nitrogen and oxygen atoms in total. The van der Waals surface area contributed by atoms with Gasteiger partial charge in [0.1, 0.15) is 11.3 Å². The molecule has 1 fully saturated rings. The molecule has 0 unspecified atom stereocenters. The van der Waals surface area contributed by atoms with Gasteiger partial charge in [-0.25, -0.2) is 13.4 Å². The Kier molecular flexibility index (Phi) is 6.98. The van der Waals surface area contributed by atoms with Crippen LogP contribution in [0.4, 0.5) is 10.8 Å². The van der Waals surface area contributed by atoms with Crippen LogP contribution in [0.15, 0.2) is 71.6 Å². The van der Waals surface area contributed by atoms with E-state index in [-0.39, 0.29) is 10.8 Å². The molecule has 0 N–H and O–H groups in total. The zero-order chi connectivity index (χ0) is 26.2. The highest BCUT2D eigenvalue weighted by molar-refractivity contribution is 7.92. The van der Waals surface area contributed by atoms with Crippen molar-refractivity contribution in [3.8, 4) is 5.75 Å². The maximum atomic E-state index is 13.1. The summed E-state index contributed by atoms with van der Waals surface area (Å²) in [6.07, 6.45) is 0. The molecule has 0 radical (unpaired) electrons. The number of aromatic nitrogens is 1. The van der Waals surface area contributed by atoms with Crippen molar-refractivity contribution in [1.29, 1.82) is 0 Å². The monoisotopic (exact) mass is 556 g/mol. The van der Waals surface area contributed by atoms with E-state index in [4.69, 9.17) is 21.3 Å². The predicted octanol–water partition coefficient (Wildman–Crippen LogP) is 4.75. The molecule has 0 saturated carbocycles. The summed E-state index contributed by atoms with van der Waals surface area (Å²) < 4.78 is 33.6. The Morgan fingerprint density at radius 2 is 1.68 bits per heavy atom. The van der Waals surface area contributed by atoms with E-state index in [9.17, 15) is 13.2 Å². The number of piperazine rings is 1. The molecule has 4 aromatic rings. The SMILES string of the molecule is COc1ccc(Cl)c2sc(N3CCN(C(=O)c4ccc(S(=O)(=O)N(C)c5ccccc5)cc4)CC3)nc12. The molecule has 2 heterocycles. The van der Waals surface area contributed by atoms with E-state index in [1.165, 1.54) is 34.8 Å². The summed E-state index contributed by atoms with van der Waals surface area (Å²) >= 11 is 7.87. The topological polar surface area (TPSA) is 83.0 Å². The van der Waals surface area contributed by atoms with Crippen LogP contribution in [0.3, 0.4) is 0 Å². The maximum absolute atomic E-state index is 13.1. The molecular weight excluding hydrogens is 532 g/mol. The van der Waals surface area contributed by atoms with Crippen LogP contribution in [-0.2, 0) is 10.0 Å². The van der Waals surface area contributed by atoms with Crippen molar-refractivity contribution in [2.75, 3.05) is 49.5 Å². The first-order valence-corrected chi connectivity index (χ1v) is 14.2. The fraction of sp³-hybridized carbons (Fsp3) is 0.231. The average molecular weight is 557 g/mol. The number of methoxy groups -OCH3 is 1. The largest absolute Gasteiger partial charge is 0.494 e. The Hall–Kier alpha value is -3.34. The minimum Gasteiger partial charge on any atom is -0.494 e. The van der Waals surface area contributed by atoms with Gasteiger partial charge in [0, 0.05) is 38.8 Å². The van der Waals surface area contributed by atoms with E-state index in [0.717, 1.165) is 15.3 Å². The number of sulfonamides is 1. The number of amides is 1. The van der Waals surface area contributed by atoms with Gasteiger partial charge in [0.15, 0.2) is 5.13 Å². The zero-order valence-corrected chi connectivity index (χ0v) is 22.7. The number of hydrogen-bond acceptors (Lipinski definition) is 7. The van der Waals surface area contributed by atoms with E-state index in [1.807, 2.05) is 6.07 Å². The van der Waals surface area contributed by atoms with Crippen LogP contribution in [0.25, 0.3) is 10.2 Å². The van der Waals surface area contributed by atoms with Gasteiger partial charge in [-0.15, -0.1) is 0 Å². The lowest BCUT2D eigenvalue weighted by Gasteiger charge is -2.34. The number of carbonyl (C=O) groups excluding carboxylic acids is 1. The standard InChI is InChI=1S/C26H25ClN4O4S2/c1-29(19-6-4-3-5-7-19)37(33,34)20-10-8-18(9-11-20)25(32)30-14-16-31(17-15-30)26-28-23-22(35-2)13-12-21(27)24(23)36-26/h3-13H,14-17H2,1-2H3. The van der Waals surface area contributed by atoms with E-state index in [2.05, 4.69) is 4.90 Å². The molecule has 0 bridgehead atoms. The molecule has 5 rings (SSSR count). The lowest BCUT2D eigenvalue weighted by atomic mass is 10.2. The fourth-order valence-corrected chi connectivity index (χ4v) is 6.73. The van der Waals surface area contributed by atoms with Gasteiger partial charge < -0.3 is 14.5 Å². The molecule has 1 aliphatic heterocycles. The van der Waals surface area contributed by atoms with Crippen molar-refractivity contribution in [3.05, 3.63) is 77.3 Å². The van der Waals surface area contributed by atoms with Crippen LogP contribution < -0.4 is 13.9 Å². The van der Waals surface area contributed by atoms with Gasteiger partial charge in [-0.2, -0.15) is 0 Å². The fourth-order valence-electron chi connectivity index (χ4n) is 4.23. The Labute approximate surface area is 224 Å². The molecule has 1 aliphatic rings. The van der Waals surface area contributed by atoms with Gasteiger partial charge in [-0.3, -0.25) is 9.10 Å². The van der Waals surface area contributed by atoms with Crippen molar-refractivity contribution in [2.24, 2.45) is 0 Å². The van der Waals surface area contributed by atoms with E-state index in [1.54, 1.807) is 60.5 Å². The first-order valence-electron chi connectivity index (χ1n) is 11.6. The highest BCUT2D eigenvalue weighted by Gasteiger charge is 2.26. The summed E-state index contributed by atoms with van der Waals surface area (Å²) in [5.41, 5.74) is 1.75. The van der Waals surface area contributed by atoms with Crippen LogP contribution in [0, 0.1) is 0 Å². The summed E-state index contributed by atoms with van der Waals surface area (Å²) in [5, 5.41) is 1.47. The molecule has 0 aliphatic carbocycles. The van der Waals surface area contributed by atoms with Crippen LogP contribution in [0.1, 0.15) is 10.4 Å². The predicted molar refractivity (Wildman–Crippen MR) is 148 cm³/mol. The Morgan fingerprint density at radius 3 is 2.32 bits per heavy atom. The quantitative estimate of drug-likeness (QED) is 0.341.